The highest BCUT2D eigenvalue weighted by molar-refractivity contribution is 5.86. The quantitative estimate of drug-likeness (QED) is 0.584. The Morgan fingerprint density at radius 3 is 3.00 bits per heavy atom. The number of aromatic nitrogens is 3. The minimum Gasteiger partial charge on any atom is -0.396 e. The van der Waals surface area contributed by atoms with E-state index in [1.165, 1.54) is 6.33 Å². The molecule has 2 aromatic rings. The lowest BCUT2D eigenvalue weighted by molar-refractivity contribution is 0.103. The maximum atomic E-state index is 9.79. The van der Waals surface area contributed by atoms with Gasteiger partial charge in [0.2, 0.25) is 0 Å². The van der Waals surface area contributed by atoms with E-state index in [0.717, 1.165) is 16.6 Å². The molecule has 1 fully saturated rings. The zero-order chi connectivity index (χ0) is 13.4. The number of nitrogens with one attached hydrogen (secondary N) is 1. The van der Waals surface area contributed by atoms with Crippen molar-refractivity contribution in [3.63, 3.8) is 0 Å². The zero-order valence-corrected chi connectivity index (χ0v) is 10.5. The Bertz CT molecular complexity index is 585. The summed E-state index contributed by atoms with van der Waals surface area (Å²) in [7, 11) is 0. The Morgan fingerprint density at radius 1 is 1.42 bits per heavy atom. The highest BCUT2D eigenvalue weighted by Crippen LogP contribution is 2.23. The van der Waals surface area contributed by atoms with Crippen molar-refractivity contribution in [1.82, 2.24) is 19.9 Å². The molecular weight excluding hydrogens is 246 g/mol. The van der Waals surface area contributed by atoms with Crippen LogP contribution >= 0.6 is 0 Å². The van der Waals surface area contributed by atoms with E-state index in [2.05, 4.69) is 19.9 Å². The van der Waals surface area contributed by atoms with Gasteiger partial charge in [-0.25, -0.2) is 9.97 Å². The Kier molecular flexibility index (Phi) is 3.09. The maximum absolute atomic E-state index is 9.79. The lowest BCUT2D eigenvalue weighted by atomic mass is 10.1. The van der Waals surface area contributed by atoms with Gasteiger partial charge < -0.3 is 20.9 Å². The number of aromatic amines is 1. The first-order chi connectivity index (χ1) is 9.19. The van der Waals surface area contributed by atoms with Gasteiger partial charge in [-0.05, 0) is 0 Å². The van der Waals surface area contributed by atoms with Gasteiger partial charge in [0.15, 0.2) is 5.82 Å². The molecule has 0 radical (unpaired) electrons. The summed E-state index contributed by atoms with van der Waals surface area (Å²) < 4.78 is 0. The van der Waals surface area contributed by atoms with Crippen molar-refractivity contribution in [2.75, 3.05) is 25.4 Å². The van der Waals surface area contributed by atoms with Gasteiger partial charge >= 0.3 is 0 Å². The summed E-state index contributed by atoms with van der Waals surface area (Å²) in [6.07, 6.45) is 2.86. The van der Waals surface area contributed by atoms with E-state index in [0.29, 0.717) is 25.5 Å². The molecule has 2 atom stereocenters. The molecule has 7 heteroatoms. The number of hydrogen-bond acceptors (Lipinski definition) is 6. The van der Waals surface area contributed by atoms with Crippen molar-refractivity contribution in [3.8, 4) is 0 Å². The van der Waals surface area contributed by atoms with E-state index in [-0.39, 0.29) is 12.5 Å². The third kappa shape index (κ3) is 2.16. The fourth-order valence-corrected chi connectivity index (χ4v) is 2.62. The second kappa shape index (κ2) is 4.76. The molecule has 19 heavy (non-hydrogen) atoms. The normalized spacial score (nSPS) is 24.3. The number of nitrogens with two attached hydrogens (primary N) is 1. The molecule has 1 aliphatic heterocycles. The smallest absolute Gasteiger partial charge is 0.151 e. The lowest BCUT2D eigenvalue weighted by Gasteiger charge is -2.14. The number of H-pyrrole nitrogens is 1. The molecule has 3 heterocycles. The third-order valence-corrected chi connectivity index (χ3v) is 3.68. The van der Waals surface area contributed by atoms with Crippen LogP contribution in [0.5, 0.6) is 0 Å². The first-order valence-electron chi connectivity index (χ1n) is 6.26. The molecule has 0 bridgehead atoms. The van der Waals surface area contributed by atoms with Gasteiger partial charge in [0, 0.05) is 43.9 Å². The summed E-state index contributed by atoms with van der Waals surface area (Å²) in [6.45, 7) is 1.94. The van der Waals surface area contributed by atoms with E-state index in [9.17, 15) is 5.11 Å². The van der Waals surface area contributed by atoms with Crippen LogP contribution in [0, 0.1) is 5.92 Å². The van der Waals surface area contributed by atoms with Crippen molar-refractivity contribution in [1.29, 1.82) is 0 Å². The number of aliphatic hydroxyl groups excluding tert-OH is 2. The van der Waals surface area contributed by atoms with Crippen LogP contribution in [-0.4, -0.2) is 55.9 Å². The van der Waals surface area contributed by atoms with Crippen LogP contribution in [0.1, 0.15) is 5.56 Å². The van der Waals surface area contributed by atoms with Gasteiger partial charge in [0.25, 0.3) is 0 Å². The molecule has 0 aliphatic carbocycles. The van der Waals surface area contributed by atoms with Gasteiger partial charge in [-0.15, -0.1) is 0 Å². The molecule has 3 rings (SSSR count). The predicted molar refractivity (Wildman–Crippen MR) is 70.2 cm³/mol. The largest absolute Gasteiger partial charge is 0.396 e. The Balaban J connectivity index is 1.81. The number of rotatable bonds is 3. The molecule has 1 saturated heterocycles. The summed E-state index contributed by atoms with van der Waals surface area (Å²) in [5.41, 5.74) is 8.36. The van der Waals surface area contributed by atoms with Gasteiger partial charge in [-0.1, -0.05) is 0 Å². The first kappa shape index (κ1) is 12.3. The van der Waals surface area contributed by atoms with Crippen molar-refractivity contribution in [2.45, 2.75) is 12.6 Å². The minimum absolute atomic E-state index is 0.0146. The average Bonchev–Trinajstić information content (AvgIpc) is 2.95. The van der Waals surface area contributed by atoms with E-state index in [1.54, 1.807) is 0 Å². The van der Waals surface area contributed by atoms with Crippen LogP contribution in [0.2, 0.25) is 0 Å². The fraction of sp³-hybridized carbons (Fsp3) is 0.500. The number of aliphatic hydroxyl groups is 2. The SMILES string of the molecule is Nc1ncnc2c(CN3C[C@H](CO)[C@H](O)C3)c[nH]c12. The number of fused-ring (bicyclic) bond motifs is 1. The van der Waals surface area contributed by atoms with E-state index in [1.807, 2.05) is 6.20 Å². The third-order valence-electron chi connectivity index (χ3n) is 3.68. The van der Waals surface area contributed by atoms with Crippen LogP contribution in [-0.2, 0) is 6.54 Å². The molecule has 5 N–H and O–H groups in total. The number of anilines is 1. The number of β-amino-alcohol motifs (C(OH)–C–C–N with tert-alkyl or cyclic N) is 1. The number of nitrogens with zero attached hydrogens (tertiary/aromatic N) is 3. The summed E-state index contributed by atoms with van der Waals surface area (Å²) in [6, 6.07) is 0. The first-order valence-corrected chi connectivity index (χ1v) is 6.26. The molecule has 102 valence electrons. The summed E-state index contributed by atoms with van der Waals surface area (Å²) in [5, 5.41) is 18.9. The molecule has 0 amide bonds. The molecule has 7 nitrogen and oxygen atoms in total. The minimum atomic E-state index is -0.463. The van der Waals surface area contributed by atoms with E-state index >= 15 is 0 Å². The van der Waals surface area contributed by atoms with Crippen LogP contribution in [0.4, 0.5) is 5.82 Å². The molecule has 1 aliphatic rings. The Hall–Kier alpha value is -1.70. The Labute approximate surface area is 110 Å². The van der Waals surface area contributed by atoms with Crippen molar-refractivity contribution >= 4 is 16.9 Å². The van der Waals surface area contributed by atoms with Crippen LogP contribution < -0.4 is 5.73 Å². The van der Waals surface area contributed by atoms with Gasteiger partial charge in [0.1, 0.15) is 11.8 Å². The number of hydrogen-bond donors (Lipinski definition) is 4. The molecule has 2 aromatic heterocycles. The average molecular weight is 263 g/mol. The number of likely N-dealkylation sites (tertiary alicyclic amines) is 1. The maximum Gasteiger partial charge on any atom is 0.151 e. The molecule has 0 spiro atoms. The monoisotopic (exact) mass is 263 g/mol. The standard InChI is InChI=1S/C12H17N5O2/c13-12-11-10(15-6-16-12)7(1-14-11)2-17-3-8(5-18)9(19)4-17/h1,6,8-9,14,18-19H,2-5H2,(H2,13,15,16)/t8-,9-/m1/s1. The van der Waals surface area contributed by atoms with Crippen LogP contribution in [0.3, 0.4) is 0 Å². The van der Waals surface area contributed by atoms with Crippen molar-refractivity contribution < 1.29 is 10.2 Å². The second-order valence-electron chi connectivity index (χ2n) is 5.00. The topological polar surface area (TPSA) is 111 Å². The van der Waals surface area contributed by atoms with Gasteiger partial charge in [-0.2, -0.15) is 0 Å². The van der Waals surface area contributed by atoms with Gasteiger partial charge in [-0.3, -0.25) is 4.90 Å². The van der Waals surface area contributed by atoms with Crippen molar-refractivity contribution in [3.05, 3.63) is 18.1 Å². The zero-order valence-electron chi connectivity index (χ0n) is 10.5. The van der Waals surface area contributed by atoms with Crippen LogP contribution in [0.15, 0.2) is 12.5 Å². The second-order valence-corrected chi connectivity index (χ2v) is 5.00. The number of nitrogen functional groups attached to an aromatic ring is 1. The molecule has 0 aromatic carbocycles. The van der Waals surface area contributed by atoms with Gasteiger partial charge in [0.05, 0.1) is 11.6 Å². The Morgan fingerprint density at radius 2 is 2.26 bits per heavy atom. The summed E-state index contributed by atoms with van der Waals surface area (Å²) in [4.78, 5) is 13.4. The van der Waals surface area contributed by atoms with E-state index < -0.39 is 6.10 Å². The molecular formula is C12H17N5O2. The highest BCUT2D eigenvalue weighted by Gasteiger charge is 2.30. The van der Waals surface area contributed by atoms with Crippen LogP contribution in [0.25, 0.3) is 11.0 Å². The fourth-order valence-electron chi connectivity index (χ4n) is 2.62. The van der Waals surface area contributed by atoms with E-state index in [4.69, 9.17) is 10.8 Å². The highest BCUT2D eigenvalue weighted by atomic mass is 16.3. The van der Waals surface area contributed by atoms with Crippen molar-refractivity contribution in [2.24, 2.45) is 5.92 Å². The molecule has 0 unspecified atom stereocenters. The summed E-state index contributed by atoms with van der Waals surface area (Å²) >= 11 is 0. The predicted octanol–water partition coefficient (Wildman–Crippen LogP) is -0.675. The lowest BCUT2D eigenvalue weighted by Crippen LogP contribution is -2.21. The summed E-state index contributed by atoms with van der Waals surface area (Å²) in [5.74, 6) is 0.371. The molecule has 0 saturated carbocycles.